The zero-order chi connectivity index (χ0) is 12.8. The smallest absolute Gasteiger partial charge is 0.145 e. The van der Waals surface area contributed by atoms with E-state index in [0.717, 1.165) is 43.0 Å². The van der Waals surface area contributed by atoms with E-state index in [1.165, 1.54) is 6.42 Å². The van der Waals surface area contributed by atoms with Crippen molar-refractivity contribution in [2.45, 2.75) is 32.3 Å². The van der Waals surface area contributed by atoms with E-state index in [9.17, 15) is 8.78 Å². The lowest BCUT2D eigenvalue weighted by Gasteiger charge is -2.06. The molecule has 4 heteroatoms. The van der Waals surface area contributed by atoms with Crippen LogP contribution in [0.4, 0.5) is 8.78 Å². The fourth-order valence-electron chi connectivity index (χ4n) is 1.79. The third-order valence-electron chi connectivity index (χ3n) is 2.77. The van der Waals surface area contributed by atoms with Crippen LogP contribution in [0.3, 0.4) is 0 Å². The fourth-order valence-corrected chi connectivity index (χ4v) is 1.79. The molecule has 1 aliphatic rings. The van der Waals surface area contributed by atoms with E-state index in [1.807, 2.05) is 0 Å². The van der Waals surface area contributed by atoms with E-state index in [1.54, 1.807) is 0 Å². The summed E-state index contributed by atoms with van der Waals surface area (Å²) in [5.41, 5.74) is 1.17. The minimum absolute atomic E-state index is 0.0934. The molecule has 0 N–H and O–H groups in total. The van der Waals surface area contributed by atoms with Gasteiger partial charge in [0.15, 0.2) is 0 Å². The monoisotopic (exact) mass is 250 g/mol. The first-order valence-electron chi connectivity index (χ1n) is 5.96. The number of rotatable bonds is 4. The summed E-state index contributed by atoms with van der Waals surface area (Å²) in [6.45, 7) is -0.0934. The molecule has 1 radical (unpaired) electrons. The maximum Gasteiger partial charge on any atom is 0.145 e. The van der Waals surface area contributed by atoms with Crippen molar-refractivity contribution < 1.29 is 13.6 Å². The van der Waals surface area contributed by atoms with Gasteiger partial charge in [-0.3, -0.25) is 0 Å². The van der Waals surface area contributed by atoms with Crippen molar-refractivity contribution in [1.82, 2.24) is 0 Å². The highest BCUT2D eigenvalue weighted by Gasteiger charge is 2.04. The summed E-state index contributed by atoms with van der Waals surface area (Å²) >= 11 is 0. The van der Waals surface area contributed by atoms with Gasteiger partial charge in [-0.15, -0.1) is 0 Å². The van der Waals surface area contributed by atoms with Crippen molar-refractivity contribution in [1.29, 1.82) is 0 Å². The molecule has 0 saturated heterocycles. The van der Waals surface area contributed by atoms with Crippen molar-refractivity contribution in [3.8, 4) is 0 Å². The Hall–Kier alpha value is -1.71. The summed E-state index contributed by atoms with van der Waals surface area (Å²) in [5.74, 6) is -0.985. The summed E-state index contributed by atoms with van der Waals surface area (Å²) in [5, 5.41) is 3.65. The number of halogens is 2. The molecule has 0 bridgehead atoms. The second kappa shape index (κ2) is 6.28. The van der Waals surface area contributed by atoms with E-state index in [4.69, 9.17) is 4.84 Å². The van der Waals surface area contributed by atoms with Crippen molar-refractivity contribution in [2.24, 2.45) is 5.16 Å². The summed E-state index contributed by atoms with van der Waals surface area (Å²) in [7, 11) is 0. The van der Waals surface area contributed by atoms with Crippen LogP contribution in [0.1, 0.15) is 31.2 Å². The van der Waals surface area contributed by atoms with Gasteiger partial charge in [0.25, 0.3) is 0 Å². The Kier molecular flexibility index (Phi) is 4.45. The van der Waals surface area contributed by atoms with Gasteiger partial charge < -0.3 is 4.84 Å². The summed E-state index contributed by atoms with van der Waals surface area (Å²) < 4.78 is 26.1. The van der Waals surface area contributed by atoms with Crippen molar-refractivity contribution in [2.75, 3.05) is 0 Å². The molecule has 1 aromatic rings. The first kappa shape index (κ1) is 12.7. The molecule has 1 aromatic carbocycles. The van der Waals surface area contributed by atoms with Gasteiger partial charge in [0.2, 0.25) is 0 Å². The summed E-state index contributed by atoms with van der Waals surface area (Å²) in [6.07, 6.45) is 9.15. The van der Waals surface area contributed by atoms with Gasteiger partial charge in [-0.25, -0.2) is 8.78 Å². The predicted octanol–water partition coefficient (Wildman–Crippen LogP) is 3.84. The number of hydrogen-bond acceptors (Lipinski definition) is 2. The highest BCUT2D eigenvalue weighted by atomic mass is 19.1. The Balaban J connectivity index is 1.86. The highest BCUT2D eigenvalue weighted by Crippen LogP contribution is 2.15. The lowest BCUT2D eigenvalue weighted by Crippen LogP contribution is -1.96. The van der Waals surface area contributed by atoms with Crippen LogP contribution in [-0.2, 0) is 11.4 Å². The molecular weight excluding hydrogens is 236 g/mol. The van der Waals surface area contributed by atoms with Gasteiger partial charge in [-0.05, 0) is 49.5 Å². The maximum absolute atomic E-state index is 13.2. The Morgan fingerprint density at radius 2 is 2.17 bits per heavy atom. The third kappa shape index (κ3) is 3.65. The molecule has 2 rings (SSSR count). The Morgan fingerprint density at radius 3 is 2.94 bits per heavy atom. The highest BCUT2D eigenvalue weighted by molar-refractivity contribution is 5.78. The van der Waals surface area contributed by atoms with Crippen LogP contribution in [-0.4, -0.2) is 6.21 Å². The zero-order valence-corrected chi connectivity index (χ0v) is 9.96. The normalized spacial score (nSPS) is 15.8. The van der Waals surface area contributed by atoms with Crippen LogP contribution in [0.5, 0.6) is 0 Å². The van der Waals surface area contributed by atoms with Gasteiger partial charge in [-0.1, -0.05) is 11.2 Å². The number of nitrogens with zero attached hydrogens (tertiary/aromatic N) is 1. The lowest BCUT2D eigenvalue weighted by molar-refractivity contribution is 0.129. The van der Waals surface area contributed by atoms with Crippen LogP contribution in [0.2, 0.25) is 0 Å². The van der Waals surface area contributed by atoms with Gasteiger partial charge >= 0.3 is 0 Å². The Morgan fingerprint density at radius 1 is 1.28 bits per heavy atom. The van der Waals surface area contributed by atoms with E-state index in [-0.39, 0.29) is 12.2 Å². The van der Waals surface area contributed by atoms with E-state index in [0.29, 0.717) is 0 Å². The molecule has 0 saturated carbocycles. The van der Waals surface area contributed by atoms with E-state index in [2.05, 4.69) is 17.4 Å². The second-order valence-corrected chi connectivity index (χ2v) is 4.19. The molecule has 0 spiro atoms. The molecule has 0 fully saturated rings. The number of hydrogen-bond donors (Lipinski definition) is 0. The summed E-state index contributed by atoms with van der Waals surface area (Å²) in [4.78, 5) is 4.92. The molecule has 0 atom stereocenters. The van der Waals surface area contributed by atoms with Crippen LogP contribution in [0, 0.1) is 11.6 Å². The third-order valence-corrected chi connectivity index (χ3v) is 2.77. The second-order valence-electron chi connectivity index (χ2n) is 4.19. The molecule has 0 amide bonds. The fraction of sp³-hybridized carbons (Fsp3) is 0.357. The van der Waals surface area contributed by atoms with Gasteiger partial charge in [-0.2, -0.15) is 0 Å². The van der Waals surface area contributed by atoms with Gasteiger partial charge in [0.1, 0.15) is 24.5 Å². The molecule has 0 unspecified atom stereocenters. The predicted molar refractivity (Wildman–Crippen MR) is 65.1 cm³/mol. The number of benzene rings is 1. The standard InChI is InChI=1S/C14H14F2NO/c15-13-6-7-14(16)12(8-13)10-18-17-9-11-4-2-1-3-5-11/h4,6-8H,1-3,5,10H2. The van der Waals surface area contributed by atoms with Crippen LogP contribution in [0.25, 0.3) is 0 Å². The molecule has 95 valence electrons. The van der Waals surface area contributed by atoms with Crippen molar-refractivity contribution in [3.05, 3.63) is 47.0 Å². The molecule has 18 heavy (non-hydrogen) atoms. The SMILES string of the molecule is Fc1ccc(F)c(CO/N=[C]\C2=CCCCC2)c1. The average Bonchev–Trinajstić information content (AvgIpc) is 2.40. The first-order valence-corrected chi connectivity index (χ1v) is 5.96. The molecule has 0 aliphatic heterocycles. The molecule has 0 aromatic heterocycles. The topological polar surface area (TPSA) is 21.6 Å². The zero-order valence-electron chi connectivity index (χ0n) is 9.96. The van der Waals surface area contributed by atoms with Crippen LogP contribution >= 0.6 is 0 Å². The summed E-state index contributed by atoms with van der Waals surface area (Å²) in [6, 6.07) is 3.25. The number of allylic oxidation sites excluding steroid dienone is 2. The molecular formula is C14H14F2NO. The lowest BCUT2D eigenvalue weighted by atomic mass is 10.0. The van der Waals surface area contributed by atoms with Crippen LogP contribution < -0.4 is 0 Å². The maximum atomic E-state index is 13.2. The van der Waals surface area contributed by atoms with Gasteiger partial charge in [0.05, 0.1) is 0 Å². The first-order chi connectivity index (χ1) is 8.75. The van der Waals surface area contributed by atoms with Crippen molar-refractivity contribution in [3.63, 3.8) is 0 Å². The van der Waals surface area contributed by atoms with Gasteiger partial charge in [0, 0.05) is 5.56 Å². The molecule has 0 heterocycles. The van der Waals surface area contributed by atoms with Crippen LogP contribution in [0.15, 0.2) is 35.0 Å². The van der Waals surface area contributed by atoms with Crippen molar-refractivity contribution >= 4 is 6.21 Å². The molecule has 2 nitrogen and oxygen atoms in total. The Bertz CT molecular complexity index is 469. The van der Waals surface area contributed by atoms with E-state index < -0.39 is 11.6 Å². The average molecular weight is 250 g/mol. The quantitative estimate of drug-likeness (QED) is 0.587. The minimum atomic E-state index is -0.497. The molecule has 1 aliphatic carbocycles. The largest absolute Gasteiger partial charge is 0.390 e. The Labute approximate surface area is 105 Å². The minimum Gasteiger partial charge on any atom is -0.390 e. The van der Waals surface area contributed by atoms with E-state index >= 15 is 0 Å².